The van der Waals surface area contributed by atoms with Crippen LogP contribution in [0.4, 0.5) is 5.69 Å². The van der Waals surface area contributed by atoms with Crippen LogP contribution in [0.25, 0.3) is 0 Å². The van der Waals surface area contributed by atoms with Gasteiger partial charge < -0.3 is 15.2 Å². The molecule has 2 N–H and O–H groups in total. The smallest absolute Gasteiger partial charge is 0.333 e. The molecule has 10 nitrogen and oxygen atoms in total. The largest absolute Gasteiger partial charge is 0.494 e. The highest BCUT2D eigenvalue weighted by molar-refractivity contribution is 6.05. The van der Waals surface area contributed by atoms with Crippen molar-refractivity contribution in [2.75, 3.05) is 5.32 Å². The number of aromatic nitrogens is 4. The number of aryl methyl sites for hydroxylation is 1. The minimum absolute atomic E-state index is 0.359. The second-order valence-corrected chi connectivity index (χ2v) is 5.93. The van der Waals surface area contributed by atoms with Crippen molar-refractivity contribution in [1.29, 1.82) is 0 Å². The van der Waals surface area contributed by atoms with Gasteiger partial charge in [0.25, 0.3) is 11.5 Å². The summed E-state index contributed by atoms with van der Waals surface area (Å²) in [6, 6.07) is 6.32. The predicted molar refractivity (Wildman–Crippen MR) is 99.8 cm³/mol. The van der Waals surface area contributed by atoms with Gasteiger partial charge in [-0.1, -0.05) is 0 Å². The van der Waals surface area contributed by atoms with E-state index in [9.17, 15) is 19.5 Å². The first-order chi connectivity index (χ1) is 13.3. The monoisotopic (exact) mass is 383 g/mol. The third-order valence-electron chi connectivity index (χ3n) is 4.02. The predicted octanol–water partition coefficient (Wildman–Crippen LogP) is 0.933. The van der Waals surface area contributed by atoms with E-state index in [0.717, 1.165) is 9.13 Å². The lowest BCUT2D eigenvalue weighted by molar-refractivity contribution is 0.102. The molecule has 0 spiro atoms. The van der Waals surface area contributed by atoms with Crippen molar-refractivity contribution in [3.05, 3.63) is 68.8 Å². The molecule has 0 aliphatic rings. The summed E-state index contributed by atoms with van der Waals surface area (Å²) in [5, 5.41) is 12.5. The Kier molecular flexibility index (Phi) is 4.94. The molecular formula is C18H17N5O5. The lowest BCUT2D eigenvalue weighted by Crippen LogP contribution is -2.40. The van der Waals surface area contributed by atoms with Crippen LogP contribution in [0.15, 0.2) is 46.2 Å². The number of carbonyl (C=O) groups excluding carboxylic acids is 1. The van der Waals surface area contributed by atoms with E-state index in [-0.39, 0.29) is 0 Å². The van der Waals surface area contributed by atoms with E-state index < -0.39 is 28.6 Å². The SMILES string of the molecule is Cc1nccnc1Oc1ccc(NC(=O)c2c(O)n(C)c(=O)n(C)c2=O)cc1. The summed E-state index contributed by atoms with van der Waals surface area (Å²) >= 11 is 0. The molecule has 0 radical (unpaired) electrons. The maximum Gasteiger partial charge on any atom is 0.333 e. The molecule has 0 saturated carbocycles. The normalized spacial score (nSPS) is 10.5. The van der Waals surface area contributed by atoms with Crippen molar-refractivity contribution in [2.24, 2.45) is 14.1 Å². The van der Waals surface area contributed by atoms with Gasteiger partial charge in [0.05, 0.1) is 5.69 Å². The van der Waals surface area contributed by atoms with Crippen molar-refractivity contribution in [3.63, 3.8) is 0 Å². The third-order valence-corrected chi connectivity index (χ3v) is 4.02. The highest BCUT2D eigenvalue weighted by atomic mass is 16.5. The topological polar surface area (TPSA) is 128 Å². The number of hydrogen-bond acceptors (Lipinski definition) is 7. The van der Waals surface area contributed by atoms with Gasteiger partial charge in [-0.25, -0.2) is 9.78 Å². The van der Waals surface area contributed by atoms with Crippen LogP contribution in [0, 0.1) is 6.92 Å². The Morgan fingerprint density at radius 1 is 1.07 bits per heavy atom. The molecule has 1 aromatic carbocycles. The van der Waals surface area contributed by atoms with E-state index in [2.05, 4.69) is 15.3 Å². The van der Waals surface area contributed by atoms with Crippen LogP contribution >= 0.6 is 0 Å². The van der Waals surface area contributed by atoms with Crippen LogP contribution < -0.4 is 21.3 Å². The van der Waals surface area contributed by atoms with Gasteiger partial charge in [-0.05, 0) is 31.2 Å². The molecule has 2 heterocycles. The Bertz CT molecular complexity index is 1160. The lowest BCUT2D eigenvalue weighted by Gasteiger charge is -2.11. The Hall–Kier alpha value is -3.95. The van der Waals surface area contributed by atoms with Crippen LogP contribution in [0.5, 0.6) is 17.5 Å². The summed E-state index contributed by atoms with van der Waals surface area (Å²) in [6.07, 6.45) is 3.07. The highest BCUT2D eigenvalue weighted by Crippen LogP contribution is 2.23. The molecule has 0 aliphatic carbocycles. The summed E-state index contributed by atoms with van der Waals surface area (Å²) in [4.78, 5) is 44.5. The van der Waals surface area contributed by atoms with Crippen LogP contribution in [0.3, 0.4) is 0 Å². The Morgan fingerprint density at radius 2 is 1.71 bits per heavy atom. The second kappa shape index (κ2) is 7.35. The van der Waals surface area contributed by atoms with Crippen LogP contribution in [-0.4, -0.2) is 30.1 Å². The van der Waals surface area contributed by atoms with E-state index in [1.165, 1.54) is 20.3 Å². The number of amides is 1. The van der Waals surface area contributed by atoms with Gasteiger partial charge in [0.2, 0.25) is 11.8 Å². The number of anilines is 1. The lowest BCUT2D eigenvalue weighted by atomic mass is 10.2. The number of aromatic hydroxyl groups is 1. The first-order valence-electron chi connectivity index (χ1n) is 8.15. The van der Waals surface area contributed by atoms with E-state index in [0.29, 0.717) is 23.0 Å². The summed E-state index contributed by atoms with van der Waals surface area (Å²) < 4.78 is 7.18. The van der Waals surface area contributed by atoms with Gasteiger partial charge in [-0.3, -0.25) is 23.7 Å². The molecule has 144 valence electrons. The second-order valence-electron chi connectivity index (χ2n) is 5.93. The van der Waals surface area contributed by atoms with Gasteiger partial charge in [0.1, 0.15) is 5.75 Å². The zero-order valence-electron chi connectivity index (χ0n) is 15.3. The first kappa shape index (κ1) is 18.8. The van der Waals surface area contributed by atoms with Crippen molar-refractivity contribution >= 4 is 11.6 Å². The average molecular weight is 383 g/mol. The number of nitrogens with zero attached hydrogens (tertiary/aromatic N) is 4. The van der Waals surface area contributed by atoms with Crippen molar-refractivity contribution in [2.45, 2.75) is 6.92 Å². The minimum atomic E-state index is -0.892. The number of carbonyl (C=O) groups is 1. The van der Waals surface area contributed by atoms with E-state index in [1.54, 1.807) is 37.4 Å². The third kappa shape index (κ3) is 3.47. The molecule has 2 aromatic heterocycles. The quantitative estimate of drug-likeness (QED) is 0.686. The molecule has 10 heteroatoms. The summed E-state index contributed by atoms with van der Waals surface area (Å²) in [6.45, 7) is 1.76. The van der Waals surface area contributed by atoms with E-state index >= 15 is 0 Å². The fourth-order valence-electron chi connectivity index (χ4n) is 2.44. The molecule has 0 fully saturated rings. The summed E-state index contributed by atoms with van der Waals surface area (Å²) in [7, 11) is 2.48. The number of benzene rings is 1. The standard InChI is InChI=1S/C18H17N5O5/c1-10-15(20-9-8-19-10)28-12-6-4-11(5-7-12)21-14(24)13-16(25)22(2)18(27)23(3)17(13)26/h4-9,25H,1-3H3,(H,21,24). The highest BCUT2D eigenvalue weighted by Gasteiger charge is 2.21. The fourth-order valence-corrected chi connectivity index (χ4v) is 2.44. The molecule has 0 atom stereocenters. The van der Waals surface area contributed by atoms with Crippen LogP contribution in [-0.2, 0) is 14.1 Å². The molecule has 28 heavy (non-hydrogen) atoms. The average Bonchev–Trinajstić information content (AvgIpc) is 2.68. The maximum absolute atomic E-state index is 12.4. The molecule has 0 saturated heterocycles. The van der Waals surface area contributed by atoms with E-state index in [1.807, 2.05) is 0 Å². The zero-order chi connectivity index (χ0) is 20.4. The van der Waals surface area contributed by atoms with Gasteiger partial charge in [0.15, 0.2) is 5.56 Å². The van der Waals surface area contributed by atoms with Crippen LogP contribution in [0.1, 0.15) is 16.1 Å². The van der Waals surface area contributed by atoms with Crippen molar-refractivity contribution in [1.82, 2.24) is 19.1 Å². The molecule has 0 aliphatic heterocycles. The van der Waals surface area contributed by atoms with Crippen molar-refractivity contribution in [3.8, 4) is 17.5 Å². The van der Waals surface area contributed by atoms with Gasteiger partial charge in [0, 0.05) is 32.2 Å². The molecular weight excluding hydrogens is 366 g/mol. The number of rotatable bonds is 4. The van der Waals surface area contributed by atoms with Gasteiger partial charge >= 0.3 is 5.69 Å². The Labute approximate surface area is 158 Å². The van der Waals surface area contributed by atoms with Crippen molar-refractivity contribution < 1.29 is 14.6 Å². The molecule has 0 bridgehead atoms. The van der Waals surface area contributed by atoms with Crippen LogP contribution in [0.2, 0.25) is 0 Å². The fraction of sp³-hybridized carbons (Fsp3) is 0.167. The van der Waals surface area contributed by atoms with Gasteiger partial charge in [-0.2, -0.15) is 0 Å². The molecule has 1 amide bonds. The first-order valence-corrected chi connectivity index (χ1v) is 8.15. The molecule has 3 aromatic rings. The van der Waals surface area contributed by atoms with E-state index in [4.69, 9.17) is 4.74 Å². The molecule has 3 rings (SSSR count). The molecule has 0 unspecified atom stereocenters. The number of hydrogen-bond donors (Lipinski definition) is 2. The summed E-state index contributed by atoms with van der Waals surface area (Å²) in [5.74, 6) is -0.712. The minimum Gasteiger partial charge on any atom is -0.494 e. The number of nitrogens with one attached hydrogen (secondary N) is 1. The Balaban J connectivity index is 1.82. The number of ether oxygens (including phenoxy) is 1. The van der Waals surface area contributed by atoms with Gasteiger partial charge in [-0.15, -0.1) is 0 Å². The Morgan fingerprint density at radius 3 is 2.36 bits per heavy atom. The zero-order valence-corrected chi connectivity index (χ0v) is 15.3. The maximum atomic E-state index is 12.4. The summed E-state index contributed by atoms with van der Waals surface area (Å²) in [5.41, 5.74) is -1.17.